The van der Waals surface area contributed by atoms with E-state index in [0.717, 1.165) is 11.3 Å². The third kappa shape index (κ3) is 5.79. The third-order valence-corrected chi connectivity index (χ3v) is 3.57. The Balaban J connectivity index is 1.61. The highest BCUT2D eigenvalue weighted by atomic mass is 35.5. The van der Waals surface area contributed by atoms with Gasteiger partial charge in [0.05, 0.1) is 0 Å². The summed E-state index contributed by atoms with van der Waals surface area (Å²) >= 11 is 5.90. The molecule has 0 saturated heterocycles. The molecule has 3 rings (SSSR count). The summed E-state index contributed by atoms with van der Waals surface area (Å²) in [5, 5.41) is 3.60. The summed E-state index contributed by atoms with van der Waals surface area (Å²) in [6, 6.07) is 16.5. The molecule has 0 amide bonds. The molecule has 0 spiro atoms. The summed E-state index contributed by atoms with van der Waals surface area (Å²) in [4.78, 5) is 24.1. The topological polar surface area (TPSA) is 103 Å². The Hall–Kier alpha value is -3.45. The first-order valence-electron chi connectivity index (χ1n) is 8.01. The van der Waals surface area contributed by atoms with Crippen LogP contribution in [0.3, 0.4) is 0 Å². The number of nitrogens with zero attached hydrogens (tertiary/aromatic N) is 3. The van der Waals surface area contributed by atoms with Crippen molar-refractivity contribution in [2.24, 2.45) is 0 Å². The maximum absolute atomic E-state index is 11.9. The zero-order valence-corrected chi connectivity index (χ0v) is 14.9. The predicted molar refractivity (Wildman–Crippen MR) is 104 cm³/mol. The number of ether oxygens (including phenoxy) is 1. The second-order valence-corrected chi connectivity index (χ2v) is 5.86. The van der Waals surface area contributed by atoms with Gasteiger partial charge < -0.3 is 15.8 Å². The average Bonchev–Trinajstić information content (AvgIpc) is 2.65. The number of carbonyl (C=O) groups is 1. The lowest BCUT2D eigenvalue weighted by Crippen LogP contribution is -2.10. The molecule has 7 nitrogen and oxygen atoms in total. The average molecular weight is 382 g/mol. The van der Waals surface area contributed by atoms with Crippen LogP contribution in [0.25, 0.3) is 6.08 Å². The van der Waals surface area contributed by atoms with Crippen LogP contribution >= 0.6 is 11.6 Å². The Morgan fingerprint density at radius 1 is 1.11 bits per heavy atom. The van der Waals surface area contributed by atoms with Crippen LogP contribution in [-0.2, 0) is 16.1 Å². The molecule has 0 unspecified atom stereocenters. The Kier molecular flexibility index (Phi) is 5.96. The van der Waals surface area contributed by atoms with Crippen molar-refractivity contribution < 1.29 is 9.53 Å². The molecule has 3 aromatic rings. The number of hydrogen-bond acceptors (Lipinski definition) is 7. The number of benzene rings is 2. The SMILES string of the molecule is Nc1nc(COC(=O)/C=C/c2cccc(Cl)c2)nc(Nc2ccccc2)n1. The van der Waals surface area contributed by atoms with Gasteiger partial charge in [-0.2, -0.15) is 15.0 Å². The standard InChI is InChI=1S/C19H16ClN5O2/c20-14-6-4-5-13(11-14)9-10-17(26)27-12-16-23-18(21)25-19(24-16)22-15-7-2-1-3-8-15/h1-11H,12H2,(H3,21,22,23,24,25)/b10-9+. The molecule has 1 aromatic heterocycles. The maximum atomic E-state index is 11.9. The number of esters is 1. The molecule has 0 saturated carbocycles. The first-order valence-corrected chi connectivity index (χ1v) is 8.39. The van der Waals surface area contributed by atoms with E-state index in [4.69, 9.17) is 22.1 Å². The van der Waals surface area contributed by atoms with Gasteiger partial charge in [-0.3, -0.25) is 0 Å². The number of halogens is 1. The first-order chi connectivity index (χ1) is 13.1. The Labute approximate surface area is 160 Å². The lowest BCUT2D eigenvalue weighted by atomic mass is 10.2. The monoisotopic (exact) mass is 381 g/mol. The number of hydrogen-bond donors (Lipinski definition) is 2. The normalized spacial score (nSPS) is 10.7. The molecule has 0 radical (unpaired) electrons. The van der Waals surface area contributed by atoms with Gasteiger partial charge in [0.2, 0.25) is 11.9 Å². The molecular formula is C19H16ClN5O2. The summed E-state index contributed by atoms with van der Waals surface area (Å²) in [6.07, 6.45) is 2.91. The third-order valence-electron chi connectivity index (χ3n) is 3.33. The molecule has 0 aliphatic heterocycles. The van der Waals surface area contributed by atoms with Gasteiger partial charge in [-0.15, -0.1) is 0 Å². The van der Waals surface area contributed by atoms with Crippen LogP contribution < -0.4 is 11.1 Å². The van der Waals surface area contributed by atoms with Gasteiger partial charge in [0, 0.05) is 16.8 Å². The van der Waals surface area contributed by atoms with Crippen molar-refractivity contribution in [3.8, 4) is 0 Å². The molecule has 0 aliphatic rings. The Morgan fingerprint density at radius 2 is 1.93 bits per heavy atom. The van der Waals surface area contributed by atoms with Crippen molar-refractivity contribution in [2.75, 3.05) is 11.1 Å². The lowest BCUT2D eigenvalue weighted by Gasteiger charge is -2.07. The predicted octanol–water partition coefficient (Wildman–Crippen LogP) is 3.61. The summed E-state index contributed by atoms with van der Waals surface area (Å²) in [6.45, 7) is -0.130. The molecule has 0 fully saturated rings. The van der Waals surface area contributed by atoms with Crippen molar-refractivity contribution in [3.63, 3.8) is 0 Å². The largest absolute Gasteiger partial charge is 0.454 e. The van der Waals surface area contributed by atoms with E-state index in [0.29, 0.717) is 5.02 Å². The molecule has 8 heteroatoms. The van der Waals surface area contributed by atoms with Crippen molar-refractivity contribution in [1.82, 2.24) is 15.0 Å². The highest BCUT2D eigenvalue weighted by Crippen LogP contribution is 2.14. The highest BCUT2D eigenvalue weighted by molar-refractivity contribution is 6.30. The fourth-order valence-corrected chi connectivity index (χ4v) is 2.37. The van der Waals surface area contributed by atoms with Crippen LogP contribution in [0.1, 0.15) is 11.4 Å². The lowest BCUT2D eigenvalue weighted by molar-refractivity contribution is -0.139. The van der Waals surface area contributed by atoms with Gasteiger partial charge in [-0.05, 0) is 35.9 Å². The Morgan fingerprint density at radius 3 is 2.70 bits per heavy atom. The summed E-state index contributed by atoms with van der Waals surface area (Å²) < 4.78 is 5.15. The number of rotatable bonds is 6. The molecule has 0 bridgehead atoms. The molecule has 2 aromatic carbocycles. The zero-order valence-electron chi connectivity index (χ0n) is 14.2. The van der Waals surface area contributed by atoms with Gasteiger partial charge in [0.25, 0.3) is 0 Å². The van der Waals surface area contributed by atoms with E-state index in [-0.39, 0.29) is 24.3 Å². The highest BCUT2D eigenvalue weighted by Gasteiger charge is 2.07. The number of nitrogen functional groups attached to an aromatic ring is 1. The number of anilines is 3. The summed E-state index contributed by atoms with van der Waals surface area (Å²) in [5.41, 5.74) is 7.29. The van der Waals surface area contributed by atoms with Crippen LogP contribution in [0.2, 0.25) is 5.02 Å². The fraction of sp³-hybridized carbons (Fsp3) is 0.0526. The van der Waals surface area contributed by atoms with E-state index >= 15 is 0 Å². The minimum absolute atomic E-state index is 0.0314. The van der Waals surface area contributed by atoms with Crippen LogP contribution in [0.15, 0.2) is 60.7 Å². The summed E-state index contributed by atoms with van der Waals surface area (Å²) in [7, 11) is 0. The first kappa shape index (κ1) is 18.3. The number of carbonyl (C=O) groups excluding carboxylic acids is 1. The minimum atomic E-state index is -0.536. The van der Waals surface area contributed by atoms with Crippen molar-refractivity contribution in [1.29, 1.82) is 0 Å². The van der Waals surface area contributed by atoms with Crippen LogP contribution in [0.5, 0.6) is 0 Å². The number of nitrogens with two attached hydrogens (primary N) is 1. The second-order valence-electron chi connectivity index (χ2n) is 5.42. The van der Waals surface area contributed by atoms with Gasteiger partial charge in [0.15, 0.2) is 12.4 Å². The fourth-order valence-electron chi connectivity index (χ4n) is 2.17. The van der Waals surface area contributed by atoms with E-state index in [1.807, 2.05) is 36.4 Å². The number of para-hydroxylation sites is 1. The summed E-state index contributed by atoms with van der Waals surface area (Å²) in [5.74, 6) is 0.00938. The van der Waals surface area contributed by atoms with Gasteiger partial charge >= 0.3 is 5.97 Å². The van der Waals surface area contributed by atoms with E-state index < -0.39 is 5.97 Å². The van der Waals surface area contributed by atoms with Crippen LogP contribution in [0, 0.1) is 0 Å². The molecule has 27 heavy (non-hydrogen) atoms. The van der Waals surface area contributed by atoms with E-state index in [2.05, 4.69) is 20.3 Å². The molecular weight excluding hydrogens is 366 g/mol. The smallest absolute Gasteiger partial charge is 0.331 e. The molecule has 3 N–H and O–H groups in total. The number of nitrogens with one attached hydrogen (secondary N) is 1. The van der Waals surface area contributed by atoms with Crippen molar-refractivity contribution in [2.45, 2.75) is 6.61 Å². The minimum Gasteiger partial charge on any atom is -0.454 e. The molecule has 0 atom stereocenters. The molecule has 136 valence electrons. The zero-order chi connectivity index (χ0) is 19.1. The number of aromatic nitrogens is 3. The van der Waals surface area contributed by atoms with E-state index in [1.165, 1.54) is 6.08 Å². The van der Waals surface area contributed by atoms with Gasteiger partial charge in [-0.25, -0.2) is 4.79 Å². The quantitative estimate of drug-likeness (QED) is 0.496. The van der Waals surface area contributed by atoms with Crippen molar-refractivity contribution >= 4 is 41.2 Å². The van der Waals surface area contributed by atoms with E-state index in [9.17, 15) is 4.79 Å². The van der Waals surface area contributed by atoms with Crippen molar-refractivity contribution in [3.05, 3.63) is 77.1 Å². The Bertz CT molecular complexity index is 963. The van der Waals surface area contributed by atoms with Crippen LogP contribution in [-0.4, -0.2) is 20.9 Å². The van der Waals surface area contributed by atoms with Gasteiger partial charge in [0.1, 0.15) is 0 Å². The maximum Gasteiger partial charge on any atom is 0.331 e. The van der Waals surface area contributed by atoms with E-state index in [1.54, 1.807) is 24.3 Å². The second kappa shape index (κ2) is 8.77. The molecule has 1 heterocycles. The van der Waals surface area contributed by atoms with Gasteiger partial charge in [-0.1, -0.05) is 41.9 Å². The van der Waals surface area contributed by atoms with Crippen LogP contribution in [0.4, 0.5) is 17.6 Å². The molecule has 0 aliphatic carbocycles.